The second-order valence-electron chi connectivity index (χ2n) is 3.63. The first-order valence-corrected chi connectivity index (χ1v) is 5.34. The molecule has 0 unspecified atom stereocenters. The molecule has 3 rings (SSSR count). The Bertz CT molecular complexity index is 669. The van der Waals surface area contributed by atoms with E-state index in [1.54, 1.807) is 0 Å². The molecule has 0 fully saturated rings. The molecule has 2 heterocycles. The van der Waals surface area contributed by atoms with Gasteiger partial charge in [0.25, 0.3) is 11.6 Å². The van der Waals surface area contributed by atoms with Crippen molar-refractivity contribution in [1.82, 2.24) is 20.6 Å². The maximum atomic E-state index is 11.0. The highest BCUT2D eigenvalue weighted by Gasteiger charge is 2.22. The Labute approximate surface area is 110 Å². The van der Waals surface area contributed by atoms with Gasteiger partial charge in [-0.3, -0.25) is 10.1 Å². The van der Waals surface area contributed by atoms with Crippen LogP contribution in [0, 0.1) is 10.1 Å². The SMILES string of the molecule is O=[N+]([O-])c1cc2c(cc1/C=N/Nc1nn[nH]n1)OCO2. The van der Waals surface area contributed by atoms with E-state index in [1.165, 1.54) is 18.3 Å². The predicted octanol–water partition coefficient (Wildman–Crippen LogP) is 0.283. The Morgan fingerprint density at radius 3 is 2.95 bits per heavy atom. The minimum atomic E-state index is -0.530. The molecule has 2 aromatic rings. The first-order chi connectivity index (χ1) is 9.74. The van der Waals surface area contributed by atoms with Crippen LogP contribution in [0.3, 0.4) is 0 Å². The Morgan fingerprint density at radius 1 is 1.45 bits per heavy atom. The molecular formula is C9H7N7O4. The van der Waals surface area contributed by atoms with Gasteiger partial charge < -0.3 is 9.47 Å². The zero-order valence-electron chi connectivity index (χ0n) is 9.81. The number of fused-ring (bicyclic) bond motifs is 1. The summed E-state index contributed by atoms with van der Waals surface area (Å²) in [5, 5.41) is 27.6. The van der Waals surface area contributed by atoms with Gasteiger partial charge >= 0.3 is 0 Å². The normalized spacial score (nSPS) is 12.8. The monoisotopic (exact) mass is 277 g/mol. The fraction of sp³-hybridized carbons (Fsp3) is 0.111. The van der Waals surface area contributed by atoms with Gasteiger partial charge in [0.1, 0.15) is 0 Å². The highest BCUT2D eigenvalue weighted by atomic mass is 16.7. The number of nitrogens with zero attached hydrogens (tertiary/aromatic N) is 5. The highest BCUT2D eigenvalue weighted by Crippen LogP contribution is 2.37. The third-order valence-electron chi connectivity index (χ3n) is 2.43. The highest BCUT2D eigenvalue weighted by molar-refractivity contribution is 5.87. The van der Waals surface area contributed by atoms with E-state index in [0.717, 1.165) is 0 Å². The molecular weight excluding hydrogens is 270 g/mol. The second kappa shape index (κ2) is 4.79. The zero-order chi connectivity index (χ0) is 13.9. The van der Waals surface area contributed by atoms with Crippen LogP contribution in [-0.4, -0.2) is 38.6 Å². The van der Waals surface area contributed by atoms with Crippen LogP contribution >= 0.6 is 0 Å². The first kappa shape index (κ1) is 11.8. The lowest BCUT2D eigenvalue weighted by atomic mass is 10.1. The number of aromatic amines is 1. The molecule has 0 atom stereocenters. The molecule has 2 N–H and O–H groups in total. The van der Waals surface area contributed by atoms with Crippen molar-refractivity contribution < 1.29 is 14.4 Å². The Kier molecular flexibility index (Phi) is 2.84. The number of tetrazole rings is 1. The number of hydrazone groups is 1. The van der Waals surface area contributed by atoms with Crippen LogP contribution in [0.1, 0.15) is 5.56 Å². The van der Waals surface area contributed by atoms with Gasteiger partial charge in [-0.15, -0.1) is 5.10 Å². The fourth-order valence-corrected chi connectivity index (χ4v) is 1.58. The lowest BCUT2D eigenvalue weighted by Gasteiger charge is -2.00. The number of nitro benzene ring substituents is 1. The van der Waals surface area contributed by atoms with Crippen LogP contribution in [0.25, 0.3) is 0 Å². The standard InChI is InChI=1S/C9H7N7O4/c17-16(18)6-2-8-7(19-4-20-8)1-5(6)3-10-11-9-12-14-15-13-9/h1-3H,4H2,(H2,11,12,13,14,15)/b10-3+. The van der Waals surface area contributed by atoms with Gasteiger partial charge in [-0.1, -0.05) is 5.10 Å². The number of nitro groups is 1. The quantitative estimate of drug-likeness (QED) is 0.461. The fourth-order valence-electron chi connectivity index (χ4n) is 1.58. The third kappa shape index (κ3) is 2.19. The van der Waals surface area contributed by atoms with E-state index in [1.807, 2.05) is 0 Å². The molecule has 0 amide bonds. The molecule has 1 aromatic heterocycles. The summed E-state index contributed by atoms with van der Waals surface area (Å²) in [6.45, 7) is 0.0359. The maximum Gasteiger partial charge on any atom is 0.283 e. The van der Waals surface area contributed by atoms with Crippen molar-refractivity contribution >= 4 is 17.9 Å². The van der Waals surface area contributed by atoms with Gasteiger partial charge in [-0.2, -0.15) is 10.3 Å². The van der Waals surface area contributed by atoms with Crippen molar-refractivity contribution in [2.45, 2.75) is 0 Å². The third-order valence-corrected chi connectivity index (χ3v) is 2.43. The summed E-state index contributed by atoms with van der Waals surface area (Å²) in [6.07, 6.45) is 1.26. The average molecular weight is 277 g/mol. The average Bonchev–Trinajstić information content (AvgIpc) is 3.07. The van der Waals surface area contributed by atoms with E-state index in [9.17, 15) is 10.1 Å². The van der Waals surface area contributed by atoms with Gasteiger partial charge in [-0.05, 0) is 11.3 Å². The van der Waals surface area contributed by atoms with Crippen molar-refractivity contribution in [1.29, 1.82) is 0 Å². The van der Waals surface area contributed by atoms with Crippen LogP contribution in [0.4, 0.5) is 11.6 Å². The van der Waals surface area contributed by atoms with E-state index in [2.05, 4.69) is 31.2 Å². The topological polar surface area (TPSA) is 140 Å². The van der Waals surface area contributed by atoms with E-state index < -0.39 is 4.92 Å². The summed E-state index contributed by atoms with van der Waals surface area (Å²) in [7, 11) is 0. The summed E-state index contributed by atoms with van der Waals surface area (Å²) in [4.78, 5) is 10.5. The number of hydrogen-bond donors (Lipinski definition) is 2. The number of H-pyrrole nitrogens is 1. The molecule has 0 aliphatic carbocycles. The molecule has 11 nitrogen and oxygen atoms in total. The lowest BCUT2D eigenvalue weighted by Crippen LogP contribution is -1.97. The van der Waals surface area contributed by atoms with E-state index in [0.29, 0.717) is 11.5 Å². The Balaban J connectivity index is 1.87. The molecule has 1 aromatic carbocycles. The van der Waals surface area contributed by atoms with Crippen LogP contribution in [-0.2, 0) is 0 Å². The lowest BCUT2D eigenvalue weighted by molar-refractivity contribution is -0.385. The van der Waals surface area contributed by atoms with E-state index in [-0.39, 0.29) is 24.0 Å². The van der Waals surface area contributed by atoms with Gasteiger partial charge in [-0.25, -0.2) is 5.43 Å². The largest absolute Gasteiger partial charge is 0.454 e. The number of benzene rings is 1. The molecule has 0 radical (unpaired) electrons. The molecule has 0 saturated heterocycles. The minimum Gasteiger partial charge on any atom is -0.454 e. The summed E-state index contributed by atoms with van der Waals surface area (Å²) >= 11 is 0. The van der Waals surface area contributed by atoms with Gasteiger partial charge in [0.05, 0.1) is 22.8 Å². The van der Waals surface area contributed by atoms with Crippen molar-refractivity contribution in [2.75, 3.05) is 12.2 Å². The van der Waals surface area contributed by atoms with Crippen molar-refractivity contribution in [3.05, 3.63) is 27.8 Å². The molecule has 102 valence electrons. The number of aromatic nitrogens is 4. The van der Waals surface area contributed by atoms with Crippen LogP contribution in [0.2, 0.25) is 0 Å². The van der Waals surface area contributed by atoms with Crippen molar-refractivity contribution in [2.24, 2.45) is 5.10 Å². The van der Waals surface area contributed by atoms with Crippen LogP contribution in [0.5, 0.6) is 11.5 Å². The van der Waals surface area contributed by atoms with Gasteiger partial charge in [0, 0.05) is 0 Å². The smallest absolute Gasteiger partial charge is 0.283 e. The molecule has 1 aliphatic rings. The molecule has 0 spiro atoms. The Hall–Kier alpha value is -3.24. The summed E-state index contributed by atoms with van der Waals surface area (Å²) < 4.78 is 10.2. The zero-order valence-corrected chi connectivity index (χ0v) is 9.81. The van der Waals surface area contributed by atoms with E-state index in [4.69, 9.17) is 9.47 Å². The van der Waals surface area contributed by atoms with Gasteiger partial charge in [0.15, 0.2) is 11.5 Å². The van der Waals surface area contributed by atoms with Crippen LogP contribution < -0.4 is 14.9 Å². The van der Waals surface area contributed by atoms with Crippen molar-refractivity contribution in [3.63, 3.8) is 0 Å². The first-order valence-electron chi connectivity index (χ1n) is 5.34. The molecule has 20 heavy (non-hydrogen) atoms. The number of hydrogen-bond acceptors (Lipinski definition) is 9. The summed E-state index contributed by atoms with van der Waals surface area (Å²) in [5.41, 5.74) is 2.58. The molecule has 0 saturated carbocycles. The number of rotatable bonds is 4. The van der Waals surface area contributed by atoms with Crippen LogP contribution in [0.15, 0.2) is 17.2 Å². The number of nitrogens with one attached hydrogen (secondary N) is 2. The number of ether oxygens (including phenoxy) is 2. The molecule has 11 heteroatoms. The maximum absolute atomic E-state index is 11.0. The van der Waals surface area contributed by atoms with Crippen molar-refractivity contribution in [3.8, 4) is 11.5 Å². The van der Waals surface area contributed by atoms with Gasteiger partial charge in [0.2, 0.25) is 6.79 Å². The summed E-state index contributed by atoms with van der Waals surface area (Å²) in [6, 6.07) is 2.76. The molecule has 1 aliphatic heterocycles. The van der Waals surface area contributed by atoms with E-state index >= 15 is 0 Å². The minimum absolute atomic E-state index is 0.0359. The predicted molar refractivity (Wildman–Crippen MR) is 64.6 cm³/mol. The summed E-state index contributed by atoms with van der Waals surface area (Å²) in [5.74, 6) is 0.904. The Morgan fingerprint density at radius 2 is 2.25 bits per heavy atom. The molecule has 0 bridgehead atoms. The number of anilines is 1. The second-order valence-corrected chi connectivity index (χ2v) is 3.63.